The number of nitrogens with one attached hydrogen (secondary N) is 1. The third-order valence-electron chi connectivity index (χ3n) is 3.43. The van der Waals surface area contributed by atoms with Gasteiger partial charge in [0.25, 0.3) is 0 Å². The molecule has 0 atom stereocenters. The molecule has 0 saturated carbocycles. The molecule has 0 unspecified atom stereocenters. The summed E-state index contributed by atoms with van der Waals surface area (Å²) in [6.07, 6.45) is 4.05. The summed E-state index contributed by atoms with van der Waals surface area (Å²) in [5.41, 5.74) is 2.54. The van der Waals surface area contributed by atoms with E-state index in [1.807, 2.05) is 60.7 Å². The topological polar surface area (TPSA) is 55.4 Å². The second-order valence-corrected chi connectivity index (χ2v) is 5.32. The summed E-state index contributed by atoms with van der Waals surface area (Å²) in [4.78, 5) is 23.1. The quantitative estimate of drug-likeness (QED) is 0.613. The lowest BCUT2D eigenvalue weighted by Gasteiger charge is -2.06. The van der Waals surface area contributed by atoms with E-state index < -0.39 is 6.09 Å². The van der Waals surface area contributed by atoms with Crippen LogP contribution < -0.4 is 5.32 Å². The van der Waals surface area contributed by atoms with Crippen molar-refractivity contribution < 1.29 is 14.3 Å². The van der Waals surface area contributed by atoms with Gasteiger partial charge >= 0.3 is 6.09 Å². The van der Waals surface area contributed by atoms with Crippen LogP contribution in [0.25, 0.3) is 6.08 Å². The van der Waals surface area contributed by atoms with Crippen LogP contribution in [-0.2, 0) is 11.3 Å². The van der Waals surface area contributed by atoms with Crippen molar-refractivity contribution in [3.63, 3.8) is 0 Å². The summed E-state index contributed by atoms with van der Waals surface area (Å²) < 4.78 is 5.12. The van der Waals surface area contributed by atoms with E-state index in [2.05, 4.69) is 5.32 Å². The first-order valence-corrected chi connectivity index (χ1v) is 7.88. The smallest absolute Gasteiger partial charge is 0.407 e. The number of benzene rings is 2. The number of ether oxygens (including phenoxy) is 1. The molecular weight excluding hydrogens is 302 g/mol. The van der Waals surface area contributed by atoms with E-state index in [1.54, 1.807) is 13.0 Å². The van der Waals surface area contributed by atoms with E-state index in [4.69, 9.17) is 4.74 Å². The average Bonchev–Trinajstić information content (AvgIpc) is 2.61. The molecule has 0 heterocycles. The zero-order chi connectivity index (χ0) is 17.2. The van der Waals surface area contributed by atoms with Crippen LogP contribution in [0.1, 0.15) is 34.8 Å². The molecular formula is C20H21NO3. The van der Waals surface area contributed by atoms with Gasteiger partial charge in [0, 0.05) is 12.1 Å². The molecule has 0 aliphatic carbocycles. The van der Waals surface area contributed by atoms with Crippen molar-refractivity contribution in [3.05, 3.63) is 77.4 Å². The molecule has 0 aromatic heterocycles. The van der Waals surface area contributed by atoms with Crippen molar-refractivity contribution in [2.75, 3.05) is 6.54 Å². The number of carbonyl (C=O) groups is 2. The van der Waals surface area contributed by atoms with Crippen molar-refractivity contribution in [1.29, 1.82) is 0 Å². The molecule has 24 heavy (non-hydrogen) atoms. The standard InChI is InChI=1S/C20H21NO3/c1-16(22)19-13-6-5-11-18(19)12-7-8-14-21-20(23)24-15-17-9-3-2-4-10-17/h2-7,9-13H,8,14-15H2,1H3,(H,21,23). The molecule has 1 amide bonds. The van der Waals surface area contributed by atoms with Gasteiger partial charge in [-0.2, -0.15) is 0 Å². The zero-order valence-corrected chi connectivity index (χ0v) is 13.7. The normalized spacial score (nSPS) is 10.5. The van der Waals surface area contributed by atoms with Crippen LogP contribution in [0.15, 0.2) is 60.7 Å². The van der Waals surface area contributed by atoms with E-state index >= 15 is 0 Å². The predicted octanol–water partition coefficient (Wildman–Crippen LogP) is 4.22. The van der Waals surface area contributed by atoms with Gasteiger partial charge in [0.15, 0.2) is 5.78 Å². The zero-order valence-electron chi connectivity index (χ0n) is 13.7. The molecule has 0 bridgehead atoms. The van der Waals surface area contributed by atoms with Gasteiger partial charge in [-0.25, -0.2) is 4.79 Å². The third kappa shape index (κ3) is 5.72. The summed E-state index contributed by atoms with van der Waals surface area (Å²) in [5, 5.41) is 2.70. The summed E-state index contributed by atoms with van der Waals surface area (Å²) in [5.74, 6) is 0.0397. The molecule has 0 radical (unpaired) electrons. The fourth-order valence-corrected chi connectivity index (χ4v) is 2.20. The highest BCUT2D eigenvalue weighted by Gasteiger charge is 2.03. The Kier molecular flexibility index (Phi) is 6.77. The van der Waals surface area contributed by atoms with Gasteiger partial charge in [-0.1, -0.05) is 66.7 Å². The molecule has 0 spiro atoms. The Morgan fingerprint density at radius 1 is 1.04 bits per heavy atom. The van der Waals surface area contributed by atoms with Gasteiger partial charge < -0.3 is 10.1 Å². The highest BCUT2D eigenvalue weighted by Crippen LogP contribution is 2.11. The van der Waals surface area contributed by atoms with Crippen LogP contribution in [0, 0.1) is 0 Å². The number of hydrogen-bond acceptors (Lipinski definition) is 3. The molecule has 124 valence electrons. The molecule has 2 aromatic carbocycles. The summed E-state index contributed by atoms with van der Waals surface area (Å²) in [6, 6.07) is 17.0. The molecule has 0 saturated heterocycles. The fourth-order valence-electron chi connectivity index (χ4n) is 2.20. The molecule has 0 fully saturated rings. The van der Waals surface area contributed by atoms with Crippen molar-refractivity contribution in [2.24, 2.45) is 0 Å². The lowest BCUT2D eigenvalue weighted by atomic mass is 10.0. The first kappa shape index (κ1) is 17.5. The summed E-state index contributed by atoms with van der Waals surface area (Å²) >= 11 is 0. The average molecular weight is 323 g/mol. The van der Waals surface area contributed by atoms with Crippen LogP contribution in [0.2, 0.25) is 0 Å². The fraction of sp³-hybridized carbons (Fsp3) is 0.200. The van der Waals surface area contributed by atoms with Crippen LogP contribution in [-0.4, -0.2) is 18.4 Å². The van der Waals surface area contributed by atoms with Gasteiger partial charge in [0.2, 0.25) is 0 Å². The van der Waals surface area contributed by atoms with Crippen molar-refractivity contribution in [3.8, 4) is 0 Å². The lowest BCUT2D eigenvalue weighted by molar-refractivity contribution is 0.101. The summed E-state index contributed by atoms with van der Waals surface area (Å²) in [6.45, 7) is 2.29. The Morgan fingerprint density at radius 3 is 2.50 bits per heavy atom. The van der Waals surface area contributed by atoms with Gasteiger partial charge in [-0.15, -0.1) is 0 Å². The van der Waals surface area contributed by atoms with Gasteiger partial charge in [0.05, 0.1) is 0 Å². The monoisotopic (exact) mass is 323 g/mol. The number of hydrogen-bond donors (Lipinski definition) is 1. The number of ketones is 1. The number of amides is 1. The maximum atomic E-state index is 11.6. The maximum absolute atomic E-state index is 11.6. The minimum atomic E-state index is -0.434. The van der Waals surface area contributed by atoms with Crippen LogP contribution >= 0.6 is 0 Å². The second kappa shape index (κ2) is 9.30. The second-order valence-electron chi connectivity index (χ2n) is 5.32. The maximum Gasteiger partial charge on any atom is 0.407 e. The van der Waals surface area contributed by atoms with Crippen molar-refractivity contribution >= 4 is 18.0 Å². The minimum absolute atomic E-state index is 0.0397. The number of carbonyl (C=O) groups excluding carboxylic acids is 2. The van der Waals surface area contributed by atoms with Crippen molar-refractivity contribution in [1.82, 2.24) is 5.32 Å². The van der Waals surface area contributed by atoms with Gasteiger partial charge in [0.1, 0.15) is 6.61 Å². The Balaban J connectivity index is 1.71. The summed E-state index contributed by atoms with van der Waals surface area (Å²) in [7, 11) is 0. The lowest BCUT2D eigenvalue weighted by Crippen LogP contribution is -2.24. The Bertz CT molecular complexity index is 708. The van der Waals surface area contributed by atoms with Gasteiger partial charge in [-0.05, 0) is 24.5 Å². The highest BCUT2D eigenvalue weighted by atomic mass is 16.5. The third-order valence-corrected chi connectivity index (χ3v) is 3.43. The molecule has 4 nitrogen and oxygen atoms in total. The largest absolute Gasteiger partial charge is 0.445 e. The number of alkyl carbamates (subject to hydrolysis) is 1. The predicted molar refractivity (Wildman–Crippen MR) is 94.7 cm³/mol. The SMILES string of the molecule is CC(=O)c1ccccc1C=CCCNC(=O)OCc1ccccc1. The van der Waals surface area contributed by atoms with E-state index in [-0.39, 0.29) is 12.4 Å². The number of Topliss-reactive ketones (excluding diaryl/α,β-unsaturated/α-hetero) is 1. The molecule has 2 aromatic rings. The molecule has 1 N–H and O–H groups in total. The van der Waals surface area contributed by atoms with Crippen molar-refractivity contribution in [2.45, 2.75) is 20.0 Å². The number of rotatable bonds is 7. The Labute approximate surface area is 142 Å². The Hall–Kier alpha value is -2.88. The van der Waals surface area contributed by atoms with Crippen LogP contribution in [0.4, 0.5) is 4.79 Å². The van der Waals surface area contributed by atoms with Crippen LogP contribution in [0.5, 0.6) is 0 Å². The minimum Gasteiger partial charge on any atom is -0.445 e. The first-order valence-electron chi connectivity index (χ1n) is 7.88. The van der Waals surface area contributed by atoms with E-state index in [0.717, 1.165) is 11.1 Å². The first-order chi connectivity index (χ1) is 11.7. The molecule has 0 aliphatic heterocycles. The Morgan fingerprint density at radius 2 is 1.75 bits per heavy atom. The van der Waals surface area contributed by atoms with Gasteiger partial charge in [-0.3, -0.25) is 4.79 Å². The highest BCUT2D eigenvalue weighted by molar-refractivity contribution is 5.97. The van der Waals surface area contributed by atoms with E-state index in [0.29, 0.717) is 18.5 Å². The van der Waals surface area contributed by atoms with E-state index in [9.17, 15) is 9.59 Å². The molecule has 4 heteroatoms. The van der Waals surface area contributed by atoms with E-state index in [1.165, 1.54) is 0 Å². The van der Waals surface area contributed by atoms with Crippen LogP contribution in [0.3, 0.4) is 0 Å². The molecule has 0 aliphatic rings. The molecule has 2 rings (SSSR count).